The second kappa shape index (κ2) is 3.18. The van der Waals surface area contributed by atoms with Gasteiger partial charge >= 0.3 is 0 Å². The van der Waals surface area contributed by atoms with Crippen molar-refractivity contribution in [3.8, 4) is 0 Å². The molecule has 16 heavy (non-hydrogen) atoms. The number of hydrogen-bond donors (Lipinski definition) is 0. The van der Waals surface area contributed by atoms with Crippen molar-refractivity contribution in [2.75, 3.05) is 13.2 Å². The van der Waals surface area contributed by atoms with Crippen LogP contribution in [0.15, 0.2) is 33.5 Å². The third-order valence-electron chi connectivity index (χ3n) is 2.60. The summed E-state index contributed by atoms with van der Waals surface area (Å²) in [6.07, 6.45) is 1.60. The van der Waals surface area contributed by atoms with E-state index in [1.54, 1.807) is 18.2 Å². The lowest BCUT2D eigenvalue weighted by Gasteiger charge is -2.06. The molecule has 2 heterocycles. The van der Waals surface area contributed by atoms with Gasteiger partial charge in [0.25, 0.3) is 0 Å². The van der Waals surface area contributed by atoms with Crippen molar-refractivity contribution in [1.82, 2.24) is 0 Å². The van der Waals surface area contributed by atoms with Gasteiger partial charge in [-0.3, -0.25) is 0 Å². The number of aliphatic imine (C=N–C) groups is 1. The first-order valence-electron chi connectivity index (χ1n) is 4.92. The van der Waals surface area contributed by atoms with Gasteiger partial charge in [-0.2, -0.15) is 0 Å². The molecule has 0 aromatic heterocycles. The average Bonchev–Trinajstić information content (AvgIpc) is 2.87. The third kappa shape index (κ3) is 1.28. The Kier molecular flexibility index (Phi) is 1.91. The first-order valence-corrected chi connectivity index (χ1v) is 6.47. The Bertz CT molecular complexity index is 614. The Balaban J connectivity index is 2.23. The highest BCUT2D eigenvalue weighted by atomic mass is 32.2. The molecule has 82 valence electrons. The van der Waals surface area contributed by atoms with E-state index in [4.69, 9.17) is 4.74 Å². The Morgan fingerprint density at radius 1 is 1.31 bits per heavy atom. The summed E-state index contributed by atoms with van der Waals surface area (Å²) in [7, 11) is -3.25. The fraction of sp³-hybridized carbons (Fsp3) is 0.182. The van der Waals surface area contributed by atoms with Gasteiger partial charge in [0.2, 0.25) is 5.90 Å². The molecule has 2 aliphatic heterocycles. The van der Waals surface area contributed by atoms with Crippen molar-refractivity contribution in [2.45, 2.75) is 4.90 Å². The molecule has 0 spiro atoms. The minimum atomic E-state index is -3.25. The van der Waals surface area contributed by atoms with E-state index in [-0.39, 0.29) is 0 Å². The Labute approximate surface area is 93.2 Å². The summed E-state index contributed by atoms with van der Waals surface area (Å²) in [5, 5.41) is 1.22. The van der Waals surface area contributed by atoms with Crippen molar-refractivity contribution in [1.29, 1.82) is 0 Å². The van der Waals surface area contributed by atoms with E-state index in [9.17, 15) is 8.42 Å². The molecule has 0 fully saturated rings. The fourth-order valence-electron chi connectivity index (χ4n) is 1.88. The second-order valence-electron chi connectivity index (χ2n) is 3.60. The summed E-state index contributed by atoms with van der Waals surface area (Å²) in [5.41, 5.74) is 1.44. The molecule has 3 rings (SSSR count). The molecule has 0 saturated carbocycles. The first kappa shape index (κ1) is 9.59. The zero-order valence-corrected chi connectivity index (χ0v) is 9.20. The van der Waals surface area contributed by atoms with Crippen LogP contribution in [0.3, 0.4) is 0 Å². The summed E-state index contributed by atoms with van der Waals surface area (Å²) in [6, 6.07) is 5.14. The number of sulfone groups is 1. The summed E-state index contributed by atoms with van der Waals surface area (Å²) in [5.74, 6) is 0.540. The smallest absolute Gasteiger partial charge is 0.216 e. The van der Waals surface area contributed by atoms with Gasteiger partial charge in [-0.15, -0.1) is 0 Å². The molecule has 0 atom stereocenters. The normalized spacial score (nSPS) is 20.4. The molecule has 0 aliphatic carbocycles. The van der Waals surface area contributed by atoms with Crippen LogP contribution in [0.1, 0.15) is 11.1 Å². The van der Waals surface area contributed by atoms with Gasteiger partial charge in [-0.1, -0.05) is 6.07 Å². The summed E-state index contributed by atoms with van der Waals surface area (Å²) in [4.78, 5) is 4.53. The lowest BCUT2D eigenvalue weighted by molar-refractivity contribution is 0.348. The first-order chi connectivity index (χ1) is 7.68. The maximum absolute atomic E-state index is 11.7. The summed E-state index contributed by atoms with van der Waals surface area (Å²) >= 11 is 0. The zero-order valence-electron chi connectivity index (χ0n) is 8.38. The minimum Gasteiger partial charge on any atom is -0.475 e. The maximum atomic E-state index is 11.7. The number of benzene rings is 1. The molecule has 1 aromatic carbocycles. The van der Waals surface area contributed by atoms with E-state index in [2.05, 4.69) is 4.99 Å². The molecule has 0 bridgehead atoms. The van der Waals surface area contributed by atoms with Crippen LogP contribution in [0, 0.1) is 0 Å². The van der Waals surface area contributed by atoms with Crippen LogP contribution < -0.4 is 0 Å². The molecular weight excluding hydrogens is 226 g/mol. The van der Waals surface area contributed by atoms with Crippen molar-refractivity contribution in [2.24, 2.45) is 4.99 Å². The molecule has 5 heteroatoms. The third-order valence-corrected chi connectivity index (χ3v) is 4.07. The van der Waals surface area contributed by atoms with E-state index < -0.39 is 9.84 Å². The van der Waals surface area contributed by atoms with Crippen LogP contribution in [-0.4, -0.2) is 27.5 Å². The van der Waals surface area contributed by atoms with Crippen LogP contribution in [0.25, 0.3) is 6.08 Å². The van der Waals surface area contributed by atoms with E-state index in [1.165, 1.54) is 5.41 Å². The largest absolute Gasteiger partial charge is 0.475 e. The van der Waals surface area contributed by atoms with Gasteiger partial charge in [0.15, 0.2) is 9.84 Å². The number of fused-ring (bicyclic) bond motifs is 1. The summed E-state index contributed by atoms with van der Waals surface area (Å²) in [6.45, 7) is 1.20. The van der Waals surface area contributed by atoms with Crippen molar-refractivity contribution in [3.05, 3.63) is 34.7 Å². The van der Waals surface area contributed by atoms with E-state index >= 15 is 0 Å². The van der Waals surface area contributed by atoms with Gasteiger partial charge in [0.1, 0.15) is 6.61 Å². The molecular formula is C11H9NO3S. The van der Waals surface area contributed by atoms with Crippen molar-refractivity contribution in [3.63, 3.8) is 0 Å². The minimum absolute atomic E-state index is 0.336. The molecule has 2 aliphatic rings. The van der Waals surface area contributed by atoms with Gasteiger partial charge in [-0.25, -0.2) is 13.4 Å². The molecule has 1 aromatic rings. The lowest BCUT2D eigenvalue weighted by Crippen LogP contribution is -2.05. The van der Waals surface area contributed by atoms with Gasteiger partial charge < -0.3 is 4.74 Å². The highest BCUT2D eigenvalue weighted by Crippen LogP contribution is 2.30. The maximum Gasteiger partial charge on any atom is 0.216 e. The molecule has 0 N–H and O–H groups in total. The molecule has 0 saturated heterocycles. The number of rotatable bonds is 1. The SMILES string of the molecule is O=S1(=O)C=Cc2c(C3=NCCO3)cccc21. The lowest BCUT2D eigenvalue weighted by atomic mass is 10.1. The quantitative estimate of drug-likeness (QED) is 0.735. The monoisotopic (exact) mass is 235 g/mol. The van der Waals surface area contributed by atoms with E-state index in [0.717, 1.165) is 5.56 Å². The number of nitrogens with zero attached hydrogens (tertiary/aromatic N) is 1. The highest BCUT2D eigenvalue weighted by Gasteiger charge is 2.25. The van der Waals surface area contributed by atoms with Gasteiger partial charge in [0, 0.05) is 16.5 Å². The number of hydrogen-bond acceptors (Lipinski definition) is 4. The average molecular weight is 235 g/mol. The molecule has 0 radical (unpaired) electrons. The van der Waals surface area contributed by atoms with Gasteiger partial charge in [0.05, 0.1) is 11.4 Å². The van der Waals surface area contributed by atoms with Gasteiger partial charge in [-0.05, 0) is 18.2 Å². The van der Waals surface area contributed by atoms with Crippen LogP contribution in [0.2, 0.25) is 0 Å². The van der Waals surface area contributed by atoms with Crippen LogP contribution in [0.4, 0.5) is 0 Å². The fourth-order valence-corrected chi connectivity index (χ4v) is 3.09. The van der Waals surface area contributed by atoms with Crippen molar-refractivity contribution < 1.29 is 13.2 Å². The van der Waals surface area contributed by atoms with Crippen molar-refractivity contribution >= 4 is 21.8 Å². The van der Waals surface area contributed by atoms with E-state index in [1.807, 2.05) is 6.07 Å². The predicted octanol–water partition coefficient (Wildman–Crippen LogP) is 1.22. The van der Waals surface area contributed by atoms with Crippen LogP contribution in [0.5, 0.6) is 0 Å². The number of ether oxygens (including phenoxy) is 1. The molecule has 4 nitrogen and oxygen atoms in total. The molecule has 0 unspecified atom stereocenters. The predicted molar refractivity (Wildman–Crippen MR) is 60.0 cm³/mol. The highest BCUT2D eigenvalue weighted by molar-refractivity contribution is 7.94. The Hall–Kier alpha value is -1.62. The standard InChI is InChI=1S/C11H9NO3S/c13-16(14)7-4-8-9(2-1-3-10(8)16)11-12-5-6-15-11/h1-4,7H,5-6H2. The topological polar surface area (TPSA) is 55.7 Å². The Morgan fingerprint density at radius 2 is 2.19 bits per heavy atom. The molecule has 0 amide bonds. The zero-order chi connectivity index (χ0) is 11.2. The van der Waals surface area contributed by atoms with Crippen LogP contribution >= 0.6 is 0 Å². The van der Waals surface area contributed by atoms with Crippen LogP contribution in [-0.2, 0) is 14.6 Å². The van der Waals surface area contributed by atoms with E-state index in [0.29, 0.717) is 29.5 Å². The summed E-state index contributed by atoms with van der Waals surface area (Å²) < 4.78 is 28.7. The second-order valence-corrected chi connectivity index (χ2v) is 5.40. The Morgan fingerprint density at radius 3 is 2.94 bits per heavy atom.